The highest BCUT2D eigenvalue weighted by atomic mass is 32.2. The molecule has 0 spiro atoms. The van der Waals surface area contributed by atoms with Crippen molar-refractivity contribution in [2.24, 2.45) is 0 Å². The van der Waals surface area contributed by atoms with Crippen molar-refractivity contribution >= 4 is 15.7 Å². The van der Waals surface area contributed by atoms with E-state index in [1.807, 2.05) is 91.0 Å². The minimum absolute atomic E-state index is 0.00397. The van der Waals surface area contributed by atoms with E-state index >= 15 is 0 Å². The number of nitrogens with one attached hydrogen (secondary N) is 1. The third kappa shape index (κ3) is 7.16. The van der Waals surface area contributed by atoms with E-state index < -0.39 is 21.5 Å². The first kappa shape index (κ1) is 21.8. The van der Waals surface area contributed by atoms with Gasteiger partial charge >= 0.3 is 0 Å². The maximum Gasteiger partial charge on any atom is 0.235 e. The molecular weight excluding hydrogens is 394 g/mol. The lowest BCUT2D eigenvalue weighted by atomic mass is 9.99. The zero-order valence-electron chi connectivity index (χ0n) is 16.9. The standard InChI is InChI=1S/C25H27NO3S/c27-25(20-30(28,29)18-10-15-21-11-4-1-5-12-21)26-24(23-16-8-3-9-17-23)19-22-13-6-2-7-14-22/h1-9,11-14,16-17,24H,10,15,18-20H2,(H,26,27). The van der Waals surface area contributed by atoms with Crippen molar-refractivity contribution in [3.63, 3.8) is 0 Å². The van der Waals surface area contributed by atoms with E-state index in [4.69, 9.17) is 0 Å². The number of carbonyl (C=O) groups excluding carboxylic acids is 1. The number of aryl methyl sites for hydroxylation is 1. The molecule has 0 radical (unpaired) electrons. The van der Waals surface area contributed by atoms with Gasteiger partial charge in [0.1, 0.15) is 5.75 Å². The van der Waals surface area contributed by atoms with Crippen molar-refractivity contribution in [1.29, 1.82) is 0 Å². The molecule has 4 nitrogen and oxygen atoms in total. The summed E-state index contributed by atoms with van der Waals surface area (Å²) in [6.45, 7) is 0. The monoisotopic (exact) mass is 421 g/mol. The van der Waals surface area contributed by atoms with Crippen LogP contribution in [0, 0.1) is 0 Å². The van der Waals surface area contributed by atoms with Crippen LogP contribution in [-0.2, 0) is 27.5 Å². The van der Waals surface area contributed by atoms with E-state index in [1.165, 1.54) is 0 Å². The molecule has 0 aliphatic heterocycles. The molecule has 0 bridgehead atoms. The second-order valence-corrected chi connectivity index (χ2v) is 9.59. The Kier molecular flexibility index (Phi) is 7.80. The molecule has 0 aromatic heterocycles. The van der Waals surface area contributed by atoms with E-state index in [9.17, 15) is 13.2 Å². The van der Waals surface area contributed by atoms with Crippen molar-refractivity contribution in [3.05, 3.63) is 108 Å². The molecule has 0 heterocycles. The van der Waals surface area contributed by atoms with Gasteiger partial charge in [-0.25, -0.2) is 8.42 Å². The average molecular weight is 422 g/mol. The van der Waals surface area contributed by atoms with Crippen molar-refractivity contribution in [2.75, 3.05) is 11.5 Å². The first-order valence-corrected chi connectivity index (χ1v) is 12.0. The molecule has 3 rings (SSSR count). The van der Waals surface area contributed by atoms with Crippen molar-refractivity contribution in [2.45, 2.75) is 25.3 Å². The maximum atomic E-state index is 12.6. The Bertz CT molecular complexity index is 1020. The van der Waals surface area contributed by atoms with E-state index in [2.05, 4.69) is 5.32 Å². The minimum atomic E-state index is -3.46. The number of hydrogen-bond acceptors (Lipinski definition) is 3. The molecule has 0 fully saturated rings. The molecule has 1 amide bonds. The van der Waals surface area contributed by atoms with Crippen LogP contribution >= 0.6 is 0 Å². The van der Waals surface area contributed by atoms with Crippen LogP contribution in [0.2, 0.25) is 0 Å². The quantitative estimate of drug-likeness (QED) is 0.535. The van der Waals surface area contributed by atoms with Gasteiger partial charge in [0.05, 0.1) is 11.8 Å². The summed E-state index contributed by atoms with van der Waals surface area (Å²) in [5.74, 6) is -0.941. The summed E-state index contributed by atoms with van der Waals surface area (Å²) >= 11 is 0. The van der Waals surface area contributed by atoms with Crippen molar-refractivity contribution in [1.82, 2.24) is 5.32 Å². The van der Waals surface area contributed by atoms with Gasteiger partial charge < -0.3 is 5.32 Å². The number of hydrogen-bond donors (Lipinski definition) is 1. The summed E-state index contributed by atoms with van der Waals surface area (Å²) in [5, 5.41) is 2.93. The topological polar surface area (TPSA) is 63.2 Å². The Balaban J connectivity index is 1.59. The molecule has 156 valence electrons. The van der Waals surface area contributed by atoms with Crippen LogP contribution in [0.4, 0.5) is 0 Å². The second-order valence-electron chi connectivity index (χ2n) is 7.40. The lowest BCUT2D eigenvalue weighted by Gasteiger charge is -2.19. The fourth-order valence-electron chi connectivity index (χ4n) is 3.44. The van der Waals surface area contributed by atoms with E-state index in [1.54, 1.807) is 0 Å². The summed E-state index contributed by atoms with van der Waals surface area (Å²) in [6.07, 6.45) is 1.79. The highest BCUT2D eigenvalue weighted by Crippen LogP contribution is 2.18. The highest BCUT2D eigenvalue weighted by molar-refractivity contribution is 7.92. The second kappa shape index (κ2) is 10.7. The molecule has 0 aliphatic carbocycles. The normalized spacial score (nSPS) is 12.3. The summed E-state index contributed by atoms with van der Waals surface area (Å²) in [4.78, 5) is 12.6. The Morgan fingerprint density at radius 1 is 0.767 bits per heavy atom. The molecule has 1 unspecified atom stereocenters. The highest BCUT2D eigenvalue weighted by Gasteiger charge is 2.20. The maximum absolute atomic E-state index is 12.6. The predicted molar refractivity (Wildman–Crippen MR) is 121 cm³/mol. The van der Waals surface area contributed by atoms with Gasteiger partial charge in [0.15, 0.2) is 9.84 Å². The molecule has 1 atom stereocenters. The fourth-order valence-corrected chi connectivity index (χ4v) is 4.65. The molecule has 0 saturated carbocycles. The Morgan fingerprint density at radius 2 is 1.30 bits per heavy atom. The SMILES string of the molecule is O=C(CS(=O)(=O)CCCc1ccccc1)NC(Cc1ccccc1)c1ccccc1. The van der Waals surface area contributed by atoms with Gasteiger partial charge in [-0.1, -0.05) is 91.0 Å². The van der Waals surface area contributed by atoms with Crippen LogP contribution in [-0.4, -0.2) is 25.8 Å². The molecule has 0 saturated heterocycles. The molecule has 5 heteroatoms. The summed E-state index contributed by atoms with van der Waals surface area (Å²) < 4.78 is 24.9. The summed E-state index contributed by atoms with van der Waals surface area (Å²) in [7, 11) is -3.46. The minimum Gasteiger partial charge on any atom is -0.348 e. The first-order valence-electron chi connectivity index (χ1n) is 10.1. The van der Waals surface area contributed by atoms with Gasteiger partial charge in [0, 0.05) is 0 Å². The lowest BCUT2D eigenvalue weighted by Crippen LogP contribution is -2.35. The number of sulfone groups is 1. The van der Waals surface area contributed by atoms with Crippen LogP contribution in [0.5, 0.6) is 0 Å². The number of rotatable bonds is 10. The van der Waals surface area contributed by atoms with Crippen molar-refractivity contribution in [3.8, 4) is 0 Å². The third-order valence-electron chi connectivity index (χ3n) is 4.93. The zero-order chi connectivity index (χ0) is 21.2. The molecule has 3 aromatic carbocycles. The molecule has 3 aromatic rings. The van der Waals surface area contributed by atoms with Gasteiger partial charge in [-0.15, -0.1) is 0 Å². The van der Waals surface area contributed by atoms with Crippen LogP contribution in [0.15, 0.2) is 91.0 Å². The zero-order valence-corrected chi connectivity index (χ0v) is 17.7. The van der Waals surface area contributed by atoms with Gasteiger partial charge in [-0.3, -0.25) is 4.79 Å². The van der Waals surface area contributed by atoms with E-state index in [-0.39, 0.29) is 11.8 Å². The van der Waals surface area contributed by atoms with Gasteiger partial charge in [-0.2, -0.15) is 0 Å². The summed E-state index contributed by atoms with van der Waals surface area (Å²) in [5.41, 5.74) is 3.14. The molecule has 1 N–H and O–H groups in total. The lowest BCUT2D eigenvalue weighted by molar-refractivity contribution is -0.119. The Morgan fingerprint density at radius 3 is 1.90 bits per heavy atom. The largest absolute Gasteiger partial charge is 0.348 e. The van der Waals surface area contributed by atoms with Crippen LogP contribution in [0.25, 0.3) is 0 Å². The van der Waals surface area contributed by atoms with Crippen molar-refractivity contribution < 1.29 is 13.2 Å². The van der Waals surface area contributed by atoms with E-state index in [0.29, 0.717) is 19.3 Å². The smallest absolute Gasteiger partial charge is 0.235 e. The Labute approximate surface area is 178 Å². The molecule has 30 heavy (non-hydrogen) atoms. The number of carbonyl (C=O) groups is 1. The van der Waals surface area contributed by atoms with Crippen LogP contribution < -0.4 is 5.32 Å². The fraction of sp³-hybridized carbons (Fsp3) is 0.240. The number of amides is 1. The van der Waals surface area contributed by atoms with Gasteiger partial charge in [-0.05, 0) is 36.0 Å². The van der Waals surface area contributed by atoms with Gasteiger partial charge in [0.25, 0.3) is 0 Å². The van der Waals surface area contributed by atoms with Crippen LogP contribution in [0.3, 0.4) is 0 Å². The summed E-state index contributed by atoms with van der Waals surface area (Å²) in [6, 6.07) is 29.0. The Hall–Kier alpha value is -2.92. The average Bonchev–Trinajstić information content (AvgIpc) is 2.75. The molecule has 0 aliphatic rings. The van der Waals surface area contributed by atoms with Crippen LogP contribution in [0.1, 0.15) is 29.2 Å². The number of benzene rings is 3. The molecular formula is C25H27NO3S. The predicted octanol–water partition coefficient (Wildman–Crippen LogP) is 4.13. The first-order chi connectivity index (χ1) is 14.5. The third-order valence-corrected chi connectivity index (χ3v) is 6.55. The van der Waals surface area contributed by atoms with Gasteiger partial charge in [0.2, 0.25) is 5.91 Å². The van der Waals surface area contributed by atoms with E-state index in [0.717, 1.165) is 16.7 Å².